The van der Waals surface area contributed by atoms with Crippen molar-refractivity contribution in [3.63, 3.8) is 0 Å². The summed E-state index contributed by atoms with van der Waals surface area (Å²) in [5.74, 6) is 1.70. The van der Waals surface area contributed by atoms with Gasteiger partial charge in [0.1, 0.15) is 11.6 Å². The molecule has 3 rings (SSSR count). The fourth-order valence-corrected chi connectivity index (χ4v) is 2.68. The maximum absolute atomic E-state index is 5.62. The van der Waals surface area contributed by atoms with E-state index in [0.29, 0.717) is 6.54 Å². The van der Waals surface area contributed by atoms with Crippen LogP contribution in [0.1, 0.15) is 4.88 Å². The first kappa shape index (κ1) is 11.3. The fraction of sp³-hybridized carbons (Fsp3) is 0.154. The molecule has 3 aromatic rings. The van der Waals surface area contributed by atoms with E-state index >= 15 is 0 Å². The molecular weight excluding hydrogens is 246 g/mol. The number of benzene rings is 1. The van der Waals surface area contributed by atoms with Crippen LogP contribution in [0.25, 0.3) is 21.7 Å². The molecule has 0 atom stereocenters. The highest BCUT2D eigenvalue weighted by Crippen LogP contribution is 2.28. The van der Waals surface area contributed by atoms with Crippen LogP contribution >= 0.6 is 11.3 Å². The average molecular weight is 259 g/mol. The second-order valence-corrected chi connectivity index (χ2v) is 5.11. The Morgan fingerprint density at radius 1 is 1.33 bits per heavy atom. The average Bonchev–Trinajstić information content (AvgIpc) is 3.03. The summed E-state index contributed by atoms with van der Waals surface area (Å²) in [6.07, 6.45) is 0. The fourth-order valence-electron chi connectivity index (χ4n) is 1.85. The van der Waals surface area contributed by atoms with E-state index in [0.717, 1.165) is 32.4 Å². The third-order valence-corrected chi connectivity index (χ3v) is 3.90. The summed E-state index contributed by atoms with van der Waals surface area (Å²) in [6, 6.07) is 9.89. The Bertz CT molecular complexity index is 686. The normalized spacial score (nSPS) is 11.0. The van der Waals surface area contributed by atoms with Gasteiger partial charge in [0, 0.05) is 17.5 Å². The summed E-state index contributed by atoms with van der Waals surface area (Å²) in [7, 11) is 1.66. The first-order valence-electron chi connectivity index (χ1n) is 5.63. The standard InChI is InChI=1S/C13H13N3OS/c1-17-8-2-4-10-11(6-8)16-13(15-10)12-5-3-9(7-14)18-12/h2-6H,7,14H2,1H3,(H,15,16). The molecule has 0 fully saturated rings. The highest BCUT2D eigenvalue weighted by atomic mass is 32.1. The largest absolute Gasteiger partial charge is 0.497 e. The van der Waals surface area contributed by atoms with Crippen molar-refractivity contribution in [1.29, 1.82) is 0 Å². The van der Waals surface area contributed by atoms with Crippen LogP contribution in [0, 0.1) is 0 Å². The summed E-state index contributed by atoms with van der Waals surface area (Å²) in [5, 5.41) is 0. The molecule has 18 heavy (non-hydrogen) atoms. The number of nitrogens with two attached hydrogens (primary N) is 1. The lowest BCUT2D eigenvalue weighted by atomic mass is 10.3. The number of aromatic amines is 1. The molecule has 0 aliphatic rings. The monoisotopic (exact) mass is 259 g/mol. The van der Waals surface area contributed by atoms with Crippen molar-refractivity contribution in [2.24, 2.45) is 5.73 Å². The van der Waals surface area contributed by atoms with Gasteiger partial charge in [-0.2, -0.15) is 0 Å². The minimum Gasteiger partial charge on any atom is -0.497 e. The molecule has 3 N–H and O–H groups in total. The van der Waals surface area contributed by atoms with Crippen LogP contribution in [-0.2, 0) is 6.54 Å². The zero-order valence-corrected chi connectivity index (χ0v) is 10.8. The van der Waals surface area contributed by atoms with Crippen molar-refractivity contribution in [1.82, 2.24) is 9.97 Å². The number of H-pyrrole nitrogens is 1. The topological polar surface area (TPSA) is 63.9 Å². The molecule has 5 heteroatoms. The third-order valence-electron chi connectivity index (χ3n) is 2.79. The molecular formula is C13H13N3OS. The Labute approximate surface area is 108 Å². The highest BCUT2D eigenvalue weighted by Gasteiger charge is 2.08. The van der Waals surface area contributed by atoms with Gasteiger partial charge in [-0.05, 0) is 24.3 Å². The minimum atomic E-state index is 0.568. The summed E-state index contributed by atoms with van der Waals surface area (Å²) < 4.78 is 5.20. The number of hydrogen-bond acceptors (Lipinski definition) is 4. The number of hydrogen-bond donors (Lipinski definition) is 2. The smallest absolute Gasteiger partial charge is 0.148 e. The van der Waals surface area contributed by atoms with E-state index in [9.17, 15) is 0 Å². The van der Waals surface area contributed by atoms with E-state index in [2.05, 4.69) is 9.97 Å². The van der Waals surface area contributed by atoms with Gasteiger partial charge >= 0.3 is 0 Å². The molecule has 0 aliphatic heterocycles. The zero-order chi connectivity index (χ0) is 12.5. The van der Waals surface area contributed by atoms with Crippen molar-refractivity contribution in [3.8, 4) is 16.5 Å². The van der Waals surface area contributed by atoms with E-state index < -0.39 is 0 Å². The predicted octanol–water partition coefficient (Wildman–Crippen LogP) is 2.76. The second-order valence-electron chi connectivity index (χ2n) is 3.94. The number of imidazole rings is 1. The summed E-state index contributed by atoms with van der Waals surface area (Å²) in [4.78, 5) is 10.1. The number of nitrogens with one attached hydrogen (secondary N) is 1. The molecule has 0 saturated heterocycles. The van der Waals surface area contributed by atoms with Gasteiger partial charge in [-0.15, -0.1) is 11.3 Å². The van der Waals surface area contributed by atoms with Crippen LogP contribution in [-0.4, -0.2) is 17.1 Å². The van der Waals surface area contributed by atoms with Crippen LogP contribution in [0.4, 0.5) is 0 Å². The number of methoxy groups -OCH3 is 1. The van der Waals surface area contributed by atoms with Crippen LogP contribution in [0.15, 0.2) is 30.3 Å². The number of thiophene rings is 1. The summed E-state index contributed by atoms with van der Waals surface area (Å²) in [5.41, 5.74) is 7.53. The predicted molar refractivity (Wildman–Crippen MR) is 73.9 cm³/mol. The summed E-state index contributed by atoms with van der Waals surface area (Å²) in [6.45, 7) is 0.568. The molecule has 2 heterocycles. The second kappa shape index (κ2) is 4.44. The molecule has 0 spiro atoms. The lowest BCUT2D eigenvalue weighted by Gasteiger charge is -1.96. The minimum absolute atomic E-state index is 0.568. The zero-order valence-electron chi connectivity index (χ0n) is 9.93. The first-order chi connectivity index (χ1) is 8.80. The van der Waals surface area contributed by atoms with Crippen molar-refractivity contribution in [3.05, 3.63) is 35.2 Å². The molecule has 0 aliphatic carbocycles. The van der Waals surface area contributed by atoms with Gasteiger partial charge in [0.25, 0.3) is 0 Å². The molecule has 0 saturated carbocycles. The molecule has 1 aromatic carbocycles. The molecule has 0 unspecified atom stereocenters. The van der Waals surface area contributed by atoms with Crippen molar-refractivity contribution >= 4 is 22.4 Å². The molecule has 0 amide bonds. The number of aromatic nitrogens is 2. The van der Waals surface area contributed by atoms with E-state index in [1.54, 1.807) is 18.4 Å². The Kier molecular flexibility index (Phi) is 2.77. The molecule has 0 bridgehead atoms. The van der Waals surface area contributed by atoms with E-state index in [1.165, 1.54) is 0 Å². The van der Waals surface area contributed by atoms with Gasteiger partial charge in [-0.3, -0.25) is 0 Å². The SMILES string of the molecule is COc1ccc2nc(-c3ccc(CN)s3)[nH]c2c1. The van der Waals surface area contributed by atoms with Gasteiger partial charge in [-0.25, -0.2) is 4.98 Å². The number of fused-ring (bicyclic) bond motifs is 1. The van der Waals surface area contributed by atoms with Crippen molar-refractivity contribution in [2.45, 2.75) is 6.54 Å². The Morgan fingerprint density at radius 3 is 2.94 bits per heavy atom. The lowest BCUT2D eigenvalue weighted by Crippen LogP contribution is -1.91. The lowest BCUT2D eigenvalue weighted by molar-refractivity contribution is 0.415. The quantitative estimate of drug-likeness (QED) is 0.760. The van der Waals surface area contributed by atoms with Gasteiger partial charge < -0.3 is 15.5 Å². The van der Waals surface area contributed by atoms with Crippen molar-refractivity contribution < 1.29 is 4.74 Å². The maximum Gasteiger partial charge on any atom is 0.148 e. The van der Waals surface area contributed by atoms with Crippen molar-refractivity contribution in [2.75, 3.05) is 7.11 Å². The third kappa shape index (κ3) is 1.87. The van der Waals surface area contributed by atoms with Gasteiger partial charge in [0.15, 0.2) is 0 Å². The van der Waals surface area contributed by atoms with E-state index in [-0.39, 0.29) is 0 Å². The summed E-state index contributed by atoms with van der Waals surface area (Å²) >= 11 is 1.66. The highest BCUT2D eigenvalue weighted by molar-refractivity contribution is 7.15. The van der Waals surface area contributed by atoms with Crippen LogP contribution in [0.5, 0.6) is 5.75 Å². The first-order valence-corrected chi connectivity index (χ1v) is 6.44. The van der Waals surface area contributed by atoms with Crippen LogP contribution in [0.2, 0.25) is 0 Å². The number of rotatable bonds is 3. The van der Waals surface area contributed by atoms with E-state index in [4.69, 9.17) is 10.5 Å². The van der Waals surface area contributed by atoms with Gasteiger partial charge in [0.05, 0.1) is 23.0 Å². The van der Waals surface area contributed by atoms with Gasteiger partial charge in [0.2, 0.25) is 0 Å². The van der Waals surface area contributed by atoms with Crippen LogP contribution < -0.4 is 10.5 Å². The Morgan fingerprint density at radius 2 is 2.22 bits per heavy atom. The van der Waals surface area contributed by atoms with Gasteiger partial charge in [-0.1, -0.05) is 0 Å². The molecule has 2 aromatic heterocycles. The molecule has 0 radical (unpaired) electrons. The number of nitrogens with zero attached hydrogens (tertiary/aromatic N) is 1. The Balaban J connectivity index is 2.07. The maximum atomic E-state index is 5.62. The molecule has 92 valence electrons. The van der Waals surface area contributed by atoms with Crippen LogP contribution in [0.3, 0.4) is 0 Å². The number of ether oxygens (including phenoxy) is 1. The Hall–Kier alpha value is -1.85. The van der Waals surface area contributed by atoms with E-state index in [1.807, 2.05) is 30.3 Å². The molecule has 4 nitrogen and oxygen atoms in total.